The van der Waals surface area contributed by atoms with Crippen LogP contribution in [-0.2, 0) is 0 Å². The second kappa shape index (κ2) is 8.93. The van der Waals surface area contributed by atoms with Crippen LogP contribution in [0.5, 0.6) is 0 Å². The topological polar surface area (TPSA) is 15.3 Å². The molecule has 0 aromatic heterocycles. The Morgan fingerprint density at radius 1 is 1.35 bits per heavy atom. The van der Waals surface area contributed by atoms with E-state index in [1.807, 2.05) is 0 Å². The molecule has 0 bridgehead atoms. The molecule has 0 radical (unpaired) electrons. The minimum Gasteiger partial charge on any atom is -0.316 e. The van der Waals surface area contributed by atoms with Gasteiger partial charge in [0.15, 0.2) is 0 Å². The Labute approximate surface area is 108 Å². The molecule has 0 aliphatic carbocycles. The van der Waals surface area contributed by atoms with Crippen molar-refractivity contribution in [2.24, 2.45) is 11.8 Å². The first-order valence-corrected chi connectivity index (χ1v) is 7.65. The summed E-state index contributed by atoms with van der Waals surface area (Å²) in [4.78, 5) is 2.68. The minimum absolute atomic E-state index is 0.863. The molecule has 1 saturated heterocycles. The highest BCUT2D eigenvalue weighted by atomic mass is 15.1. The van der Waals surface area contributed by atoms with Crippen LogP contribution in [0.25, 0.3) is 0 Å². The summed E-state index contributed by atoms with van der Waals surface area (Å²) >= 11 is 0. The van der Waals surface area contributed by atoms with Gasteiger partial charge in [-0.3, -0.25) is 0 Å². The van der Waals surface area contributed by atoms with Crippen molar-refractivity contribution < 1.29 is 0 Å². The summed E-state index contributed by atoms with van der Waals surface area (Å²) in [6.45, 7) is 13.3. The molecule has 2 nitrogen and oxygen atoms in total. The largest absolute Gasteiger partial charge is 0.316 e. The maximum Gasteiger partial charge on any atom is 0.00218 e. The van der Waals surface area contributed by atoms with Crippen molar-refractivity contribution in [3.8, 4) is 0 Å². The summed E-state index contributed by atoms with van der Waals surface area (Å²) in [6.07, 6.45) is 6.85. The highest BCUT2D eigenvalue weighted by Crippen LogP contribution is 2.16. The van der Waals surface area contributed by atoms with E-state index in [2.05, 4.69) is 31.0 Å². The molecule has 102 valence electrons. The van der Waals surface area contributed by atoms with Gasteiger partial charge in [0.25, 0.3) is 0 Å². The molecule has 1 N–H and O–H groups in total. The summed E-state index contributed by atoms with van der Waals surface area (Å²) in [5.41, 5.74) is 0. The van der Waals surface area contributed by atoms with Gasteiger partial charge in [-0.25, -0.2) is 0 Å². The summed E-state index contributed by atoms with van der Waals surface area (Å²) in [5, 5.41) is 3.57. The van der Waals surface area contributed by atoms with Crippen molar-refractivity contribution in [1.82, 2.24) is 10.2 Å². The lowest BCUT2D eigenvalue weighted by Crippen LogP contribution is -2.40. The van der Waals surface area contributed by atoms with Crippen LogP contribution in [0.4, 0.5) is 0 Å². The van der Waals surface area contributed by atoms with Crippen LogP contribution in [0.15, 0.2) is 0 Å². The van der Waals surface area contributed by atoms with E-state index in [9.17, 15) is 0 Å². The maximum absolute atomic E-state index is 3.57. The molecule has 2 heteroatoms. The number of nitrogens with one attached hydrogen (secondary N) is 1. The lowest BCUT2D eigenvalue weighted by atomic mass is 9.97. The fraction of sp³-hybridized carbons (Fsp3) is 1.00. The van der Waals surface area contributed by atoms with Crippen molar-refractivity contribution in [3.05, 3.63) is 0 Å². The van der Waals surface area contributed by atoms with E-state index in [-0.39, 0.29) is 0 Å². The molecule has 1 rings (SSSR count). The zero-order valence-corrected chi connectivity index (χ0v) is 12.2. The van der Waals surface area contributed by atoms with Crippen molar-refractivity contribution in [2.45, 2.75) is 52.9 Å². The molecule has 17 heavy (non-hydrogen) atoms. The molecule has 1 fully saturated rings. The van der Waals surface area contributed by atoms with E-state index in [0.717, 1.165) is 11.8 Å². The van der Waals surface area contributed by atoms with E-state index in [1.165, 1.54) is 64.8 Å². The molecular weight excluding hydrogens is 208 g/mol. The van der Waals surface area contributed by atoms with Crippen molar-refractivity contribution >= 4 is 0 Å². The number of hydrogen-bond acceptors (Lipinski definition) is 2. The molecule has 1 atom stereocenters. The lowest BCUT2D eigenvalue weighted by molar-refractivity contribution is 0.168. The first-order chi connectivity index (χ1) is 8.22. The highest BCUT2D eigenvalue weighted by molar-refractivity contribution is 4.74. The SMILES string of the molecule is CCCNCC1CCCN(CCCC(C)C)C1. The second-order valence-electron chi connectivity index (χ2n) is 6.05. The van der Waals surface area contributed by atoms with E-state index < -0.39 is 0 Å². The Bertz CT molecular complexity index is 180. The van der Waals surface area contributed by atoms with Gasteiger partial charge >= 0.3 is 0 Å². The first kappa shape index (κ1) is 15.0. The Kier molecular flexibility index (Phi) is 7.87. The predicted octanol–water partition coefficient (Wildman–Crippen LogP) is 3.13. The zero-order chi connectivity index (χ0) is 12.5. The molecule has 1 aliphatic heterocycles. The third-order valence-corrected chi connectivity index (χ3v) is 3.72. The van der Waals surface area contributed by atoms with Crippen LogP contribution in [0.1, 0.15) is 52.9 Å². The highest BCUT2D eigenvalue weighted by Gasteiger charge is 2.18. The molecule has 0 spiro atoms. The van der Waals surface area contributed by atoms with Crippen LogP contribution in [0.2, 0.25) is 0 Å². The number of piperidine rings is 1. The quantitative estimate of drug-likeness (QED) is 0.656. The van der Waals surface area contributed by atoms with Crippen LogP contribution in [-0.4, -0.2) is 37.6 Å². The normalized spacial score (nSPS) is 22.2. The van der Waals surface area contributed by atoms with Gasteiger partial charge in [-0.05, 0) is 70.1 Å². The van der Waals surface area contributed by atoms with E-state index in [1.54, 1.807) is 0 Å². The summed E-state index contributed by atoms with van der Waals surface area (Å²) in [5.74, 6) is 1.76. The Hall–Kier alpha value is -0.0800. The van der Waals surface area contributed by atoms with Crippen molar-refractivity contribution in [1.29, 1.82) is 0 Å². The molecule has 1 unspecified atom stereocenters. The van der Waals surface area contributed by atoms with Gasteiger partial charge in [-0.2, -0.15) is 0 Å². The standard InChI is InChI=1S/C15H32N2/c1-4-9-16-12-15-8-6-11-17(13-15)10-5-7-14(2)3/h14-16H,4-13H2,1-3H3. The second-order valence-corrected chi connectivity index (χ2v) is 6.05. The summed E-state index contributed by atoms with van der Waals surface area (Å²) in [7, 11) is 0. The lowest BCUT2D eigenvalue weighted by Gasteiger charge is -2.33. The van der Waals surface area contributed by atoms with E-state index >= 15 is 0 Å². The number of likely N-dealkylation sites (tertiary alicyclic amines) is 1. The monoisotopic (exact) mass is 240 g/mol. The molecule has 0 aromatic rings. The van der Waals surface area contributed by atoms with Gasteiger partial charge in [0, 0.05) is 6.54 Å². The van der Waals surface area contributed by atoms with Crippen molar-refractivity contribution in [3.63, 3.8) is 0 Å². The molecule has 0 amide bonds. The van der Waals surface area contributed by atoms with Crippen LogP contribution >= 0.6 is 0 Å². The Morgan fingerprint density at radius 2 is 2.18 bits per heavy atom. The van der Waals surface area contributed by atoms with Gasteiger partial charge in [0.05, 0.1) is 0 Å². The molecule has 1 aliphatic rings. The van der Waals surface area contributed by atoms with Crippen LogP contribution < -0.4 is 5.32 Å². The van der Waals surface area contributed by atoms with E-state index in [4.69, 9.17) is 0 Å². The third-order valence-electron chi connectivity index (χ3n) is 3.72. The smallest absolute Gasteiger partial charge is 0.00218 e. The van der Waals surface area contributed by atoms with Crippen LogP contribution in [0.3, 0.4) is 0 Å². The fourth-order valence-electron chi connectivity index (χ4n) is 2.73. The Morgan fingerprint density at radius 3 is 2.88 bits per heavy atom. The molecule has 1 heterocycles. The summed E-state index contributed by atoms with van der Waals surface area (Å²) in [6, 6.07) is 0. The molecular formula is C15H32N2. The fourth-order valence-corrected chi connectivity index (χ4v) is 2.73. The average molecular weight is 240 g/mol. The number of hydrogen-bond donors (Lipinski definition) is 1. The van der Waals surface area contributed by atoms with E-state index in [0.29, 0.717) is 0 Å². The molecule has 0 aromatic carbocycles. The number of rotatable bonds is 8. The van der Waals surface area contributed by atoms with Gasteiger partial charge in [0.1, 0.15) is 0 Å². The van der Waals surface area contributed by atoms with Gasteiger partial charge in [0.2, 0.25) is 0 Å². The zero-order valence-electron chi connectivity index (χ0n) is 12.2. The molecule has 0 saturated carbocycles. The van der Waals surface area contributed by atoms with Gasteiger partial charge in [-0.15, -0.1) is 0 Å². The van der Waals surface area contributed by atoms with Crippen LogP contribution in [0, 0.1) is 11.8 Å². The maximum atomic E-state index is 3.57. The van der Waals surface area contributed by atoms with Crippen molar-refractivity contribution in [2.75, 3.05) is 32.7 Å². The number of nitrogens with zero attached hydrogens (tertiary/aromatic N) is 1. The third kappa shape index (κ3) is 7.05. The Balaban J connectivity index is 2.10. The average Bonchev–Trinajstić information content (AvgIpc) is 2.29. The van der Waals surface area contributed by atoms with Gasteiger partial charge < -0.3 is 10.2 Å². The first-order valence-electron chi connectivity index (χ1n) is 7.65. The van der Waals surface area contributed by atoms with Gasteiger partial charge in [-0.1, -0.05) is 20.8 Å². The summed E-state index contributed by atoms with van der Waals surface area (Å²) < 4.78 is 0. The minimum atomic E-state index is 0.863. The predicted molar refractivity (Wildman–Crippen MR) is 76.4 cm³/mol.